The molecule has 0 saturated heterocycles. The second-order valence-corrected chi connectivity index (χ2v) is 3.00. The number of urea groups is 1. The molecule has 3 N–H and O–H groups in total. The number of aliphatic hydroxyl groups excluding tert-OH is 1. The van der Waals surface area contributed by atoms with E-state index in [-0.39, 0.29) is 6.04 Å². The van der Waals surface area contributed by atoms with Crippen LogP contribution in [0.25, 0.3) is 0 Å². The SMILES string of the molecule is CC(C)NC(=O)NCC(F)(F)CO. The summed E-state index contributed by atoms with van der Waals surface area (Å²) in [7, 11) is 0. The van der Waals surface area contributed by atoms with E-state index in [1.54, 1.807) is 13.8 Å². The van der Waals surface area contributed by atoms with E-state index in [1.807, 2.05) is 5.32 Å². The van der Waals surface area contributed by atoms with E-state index in [9.17, 15) is 13.6 Å². The third-order valence-corrected chi connectivity index (χ3v) is 1.16. The molecule has 0 fully saturated rings. The molecule has 0 aromatic heterocycles. The van der Waals surface area contributed by atoms with Crippen LogP contribution >= 0.6 is 0 Å². The fourth-order valence-corrected chi connectivity index (χ4v) is 0.579. The molecule has 0 saturated carbocycles. The molecular weight excluding hydrogens is 182 g/mol. The van der Waals surface area contributed by atoms with Crippen LogP contribution in [0.4, 0.5) is 13.6 Å². The number of halogens is 2. The Morgan fingerprint density at radius 3 is 2.46 bits per heavy atom. The normalized spacial score (nSPS) is 11.5. The summed E-state index contributed by atoms with van der Waals surface area (Å²) in [4.78, 5) is 10.8. The quantitative estimate of drug-likeness (QED) is 0.606. The number of alkyl halides is 2. The summed E-state index contributed by atoms with van der Waals surface area (Å²) in [5.41, 5.74) is 0. The first-order valence-corrected chi connectivity index (χ1v) is 3.90. The molecule has 0 bridgehead atoms. The zero-order chi connectivity index (χ0) is 10.5. The molecular formula is C7H14F2N2O2. The van der Waals surface area contributed by atoms with Crippen LogP contribution in [0.3, 0.4) is 0 Å². The predicted octanol–water partition coefficient (Wildman–Crippen LogP) is 0.322. The maximum atomic E-state index is 12.4. The van der Waals surface area contributed by atoms with E-state index in [0.717, 1.165) is 0 Å². The number of nitrogens with one attached hydrogen (secondary N) is 2. The Labute approximate surface area is 75.3 Å². The van der Waals surface area contributed by atoms with Crippen LogP contribution in [-0.4, -0.2) is 36.3 Å². The Morgan fingerprint density at radius 1 is 1.54 bits per heavy atom. The Kier molecular flexibility index (Phi) is 4.61. The summed E-state index contributed by atoms with van der Waals surface area (Å²) in [5.74, 6) is -3.26. The van der Waals surface area contributed by atoms with Crippen LogP contribution in [0.15, 0.2) is 0 Å². The summed E-state index contributed by atoms with van der Waals surface area (Å²) < 4.78 is 24.7. The average Bonchev–Trinajstić information content (AvgIpc) is 2.00. The molecule has 0 unspecified atom stereocenters. The van der Waals surface area contributed by atoms with Crippen molar-refractivity contribution in [2.24, 2.45) is 0 Å². The van der Waals surface area contributed by atoms with E-state index >= 15 is 0 Å². The standard InChI is InChI=1S/C7H14F2N2O2/c1-5(2)11-6(13)10-3-7(8,9)4-12/h5,12H,3-4H2,1-2H3,(H2,10,11,13). The van der Waals surface area contributed by atoms with Gasteiger partial charge in [-0.2, -0.15) is 0 Å². The molecule has 0 heterocycles. The topological polar surface area (TPSA) is 61.4 Å². The zero-order valence-electron chi connectivity index (χ0n) is 7.60. The van der Waals surface area contributed by atoms with Crippen molar-refractivity contribution in [3.05, 3.63) is 0 Å². The van der Waals surface area contributed by atoms with Crippen LogP contribution in [0.1, 0.15) is 13.8 Å². The third kappa shape index (κ3) is 6.27. The minimum Gasteiger partial charge on any atom is -0.390 e. The minimum absolute atomic E-state index is 0.109. The van der Waals surface area contributed by atoms with Crippen molar-refractivity contribution in [3.63, 3.8) is 0 Å². The molecule has 13 heavy (non-hydrogen) atoms. The number of aliphatic hydroxyl groups is 1. The number of hydrogen-bond acceptors (Lipinski definition) is 2. The van der Waals surface area contributed by atoms with Gasteiger partial charge in [0.25, 0.3) is 5.92 Å². The smallest absolute Gasteiger partial charge is 0.315 e. The summed E-state index contributed by atoms with van der Waals surface area (Å²) in [6.45, 7) is 1.30. The largest absolute Gasteiger partial charge is 0.390 e. The molecule has 0 rings (SSSR count). The monoisotopic (exact) mass is 196 g/mol. The van der Waals surface area contributed by atoms with Crippen LogP contribution in [0.5, 0.6) is 0 Å². The van der Waals surface area contributed by atoms with Crippen molar-refractivity contribution in [1.82, 2.24) is 10.6 Å². The Balaban J connectivity index is 3.70. The van der Waals surface area contributed by atoms with Gasteiger partial charge in [-0.1, -0.05) is 0 Å². The highest BCUT2D eigenvalue weighted by Gasteiger charge is 2.28. The molecule has 0 radical (unpaired) electrons. The molecule has 6 heteroatoms. The Hall–Kier alpha value is -0.910. The predicted molar refractivity (Wildman–Crippen MR) is 43.7 cm³/mol. The van der Waals surface area contributed by atoms with Gasteiger partial charge < -0.3 is 15.7 Å². The van der Waals surface area contributed by atoms with E-state index in [0.29, 0.717) is 0 Å². The highest BCUT2D eigenvalue weighted by molar-refractivity contribution is 5.74. The molecule has 2 amide bonds. The van der Waals surface area contributed by atoms with Crippen LogP contribution in [0, 0.1) is 0 Å². The second kappa shape index (κ2) is 4.96. The van der Waals surface area contributed by atoms with Crippen molar-refractivity contribution < 1.29 is 18.7 Å². The number of carbonyl (C=O) groups is 1. The molecule has 0 atom stereocenters. The van der Waals surface area contributed by atoms with Gasteiger partial charge in [-0.25, -0.2) is 13.6 Å². The van der Waals surface area contributed by atoms with Crippen molar-refractivity contribution in [2.75, 3.05) is 13.2 Å². The average molecular weight is 196 g/mol. The fraction of sp³-hybridized carbons (Fsp3) is 0.857. The number of amides is 2. The first-order valence-electron chi connectivity index (χ1n) is 3.90. The third-order valence-electron chi connectivity index (χ3n) is 1.16. The summed E-state index contributed by atoms with van der Waals surface area (Å²) in [6, 6.07) is -0.772. The highest BCUT2D eigenvalue weighted by Crippen LogP contribution is 2.09. The van der Waals surface area contributed by atoms with Crippen molar-refractivity contribution >= 4 is 6.03 Å². The molecule has 0 aromatic rings. The van der Waals surface area contributed by atoms with Crippen LogP contribution in [0.2, 0.25) is 0 Å². The van der Waals surface area contributed by atoms with Crippen molar-refractivity contribution in [2.45, 2.75) is 25.8 Å². The lowest BCUT2D eigenvalue weighted by molar-refractivity contribution is -0.0454. The zero-order valence-corrected chi connectivity index (χ0v) is 7.60. The fourth-order valence-electron chi connectivity index (χ4n) is 0.579. The molecule has 0 aromatic carbocycles. The molecule has 0 aliphatic rings. The molecule has 0 aliphatic carbocycles. The van der Waals surface area contributed by atoms with Crippen molar-refractivity contribution in [1.29, 1.82) is 0 Å². The lowest BCUT2D eigenvalue weighted by Crippen LogP contribution is -2.45. The van der Waals surface area contributed by atoms with Gasteiger partial charge in [0.1, 0.15) is 6.61 Å². The first kappa shape index (κ1) is 12.1. The maximum Gasteiger partial charge on any atom is 0.315 e. The minimum atomic E-state index is -3.26. The second-order valence-electron chi connectivity index (χ2n) is 3.00. The van der Waals surface area contributed by atoms with Gasteiger partial charge >= 0.3 is 6.03 Å². The van der Waals surface area contributed by atoms with Gasteiger partial charge in [0.2, 0.25) is 0 Å². The van der Waals surface area contributed by atoms with Crippen LogP contribution < -0.4 is 10.6 Å². The summed E-state index contributed by atoms with van der Waals surface area (Å²) in [5, 5.41) is 12.5. The van der Waals surface area contributed by atoms with Crippen LogP contribution in [-0.2, 0) is 0 Å². The molecule has 78 valence electrons. The number of hydrogen-bond donors (Lipinski definition) is 3. The molecule has 4 nitrogen and oxygen atoms in total. The van der Waals surface area contributed by atoms with Crippen molar-refractivity contribution in [3.8, 4) is 0 Å². The number of carbonyl (C=O) groups excluding carboxylic acids is 1. The molecule has 0 spiro atoms. The highest BCUT2D eigenvalue weighted by atomic mass is 19.3. The number of rotatable bonds is 4. The Morgan fingerprint density at radius 2 is 2.08 bits per heavy atom. The van der Waals surface area contributed by atoms with E-state index < -0.39 is 25.1 Å². The summed E-state index contributed by atoms with van der Waals surface area (Å²) in [6.07, 6.45) is 0. The van der Waals surface area contributed by atoms with E-state index in [1.165, 1.54) is 0 Å². The van der Waals surface area contributed by atoms with Gasteiger partial charge in [0, 0.05) is 6.04 Å². The lowest BCUT2D eigenvalue weighted by Gasteiger charge is -2.15. The van der Waals surface area contributed by atoms with Gasteiger partial charge in [-0.05, 0) is 13.8 Å². The molecule has 0 aliphatic heterocycles. The van der Waals surface area contributed by atoms with Gasteiger partial charge in [0.05, 0.1) is 6.54 Å². The van der Waals surface area contributed by atoms with E-state index in [4.69, 9.17) is 5.11 Å². The Bertz CT molecular complexity index is 174. The first-order chi connectivity index (χ1) is 5.87. The summed E-state index contributed by atoms with van der Waals surface area (Å²) >= 11 is 0. The lowest BCUT2D eigenvalue weighted by atomic mass is 10.3. The van der Waals surface area contributed by atoms with Gasteiger partial charge in [-0.3, -0.25) is 0 Å². The van der Waals surface area contributed by atoms with Gasteiger partial charge in [-0.15, -0.1) is 0 Å². The van der Waals surface area contributed by atoms with E-state index in [2.05, 4.69) is 5.32 Å². The maximum absolute atomic E-state index is 12.4. The van der Waals surface area contributed by atoms with Gasteiger partial charge in [0.15, 0.2) is 0 Å².